The van der Waals surface area contributed by atoms with Gasteiger partial charge in [0.15, 0.2) is 18.9 Å². The summed E-state index contributed by atoms with van der Waals surface area (Å²) in [7, 11) is 1.40. The minimum atomic E-state index is -1.63. The Morgan fingerprint density at radius 2 is 1.92 bits per heavy atom. The zero-order valence-electron chi connectivity index (χ0n) is 20.5. The maximum absolute atomic E-state index is 13.8. The number of fused-ring (bicyclic) bond motifs is 5. The molecule has 0 spiro atoms. The number of rotatable bonds is 5. The molecule has 3 aromatic rings. The molecule has 5 heterocycles. The van der Waals surface area contributed by atoms with Crippen LogP contribution in [0.3, 0.4) is 0 Å². The minimum Gasteiger partial charge on any atom is -0.394 e. The fourth-order valence-electron chi connectivity index (χ4n) is 5.48. The molecular formula is C27H28N2O9. The van der Waals surface area contributed by atoms with Crippen molar-refractivity contribution in [3.8, 4) is 11.4 Å². The molecule has 200 valence electrons. The van der Waals surface area contributed by atoms with Gasteiger partial charge in [-0.1, -0.05) is 24.3 Å². The number of aromatic nitrogens is 2. The first-order chi connectivity index (χ1) is 18.4. The minimum absolute atomic E-state index is 0.287. The monoisotopic (exact) mass is 524 g/mol. The van der Waals surface area contributed by atoms with E-state index in [4.69, 9.17) is 23.9 Å². The molecule has 3 aliphatic rings. The van der Waals surface area contributed by atoms with E-state index in [-0.39, 0.29) is 5.56 Å². The molecule has 0 bridgehead atoms. The van der Waals surface area contributed by atoms with Crippen molar-refractivity contribution in [1.29, 1.82) is 0 Å². The summed E-state index contributed by atoms with van der Waals surface area (Å²) < 4.78 is 24.6. The molecule has 38 heavy (non-hydrogen) atoms. The van der Waals surface area contributed by atoms with Gasteiger partial charge in [-0.05, 0) is 23.8 Å². The summed E-state index contributed by atoms with van der Waals surface area (Å²) in [5.41, 5.74) is 3.65. The van der Waals surface area contributed by atoms with Crippen molar-refractivity contribution in [1.82, 2.24) is 9.55 Å². The molecule has 11 heteroatoms. The predicted molar refractivity (Wildman–Crippen MR) is 133 cm³/mol. The van der Waals surface area contributed by atoms with Crippen LogP contribution in [0.4, 0.5) is 0 Å². The highest BCUT2D eigenvalue weighted by Gasteiger charge is 2.47. The van der Waals surface area contributed by atoms with Gasteiger partial charge in [0.1, 0.15) is 24.4 Å². The van der Waals surface area contributed by atoms with Crippen LogP contribution in [0.1, 0.15) is 28.9 Å². The number of nitrogens with zero attached hydrogens (tertiary/aromatic N) is 2. The molecular weight excluding hydrogens is 496 g/mol. The summed E-state index contributed by atoms with van der Waals surface area (Å²) in [5.74, 6) is -0.688. The maximum Gasteiger partial charge on any atom is 0.260 e. The predicted octanol–water partition coefficient (Wildman–Crippen LogP) is 0.513. The van der Waals surface area contributed by atoms with Crippen LogP contribution in [0.5, 0.6) is 0 Å². The summed E-state index contributed by atoms with van der Waals surface area (Å²) in [4.78, 5) is 18.6. The van der Waals surface area contributed by atoms with Gasteiger partial charge in [-0.15, -0.1) is 6.58 Å². The smallest absolute Gasteiger partial charge is 0.260 e. The lowest BCUT2D eigenvalue weighted by molar-refractivity contribution is -0.358. The SMILES string of the molecule is C=C[C@@H]1c2cc3n(c(=O)c2C(OC)O[C@H]1O[C@@H]1O[C@H](CO)[C@@H](O)[C@H](O)[C@H]1O)Cc1cc2ccccc2nc1-3. The maximum atomic E-state index is 13.8. The van der Waals surface area contributed by atoms with Crippen molar-refractivity contribution in [2.45, 2.75) is 55.7 Å². The highest BCUT2D eigenvalue weighted by Crippen LogP contribution is 2.42. The number of hydrogen-bond donors (Lipinski definition) is 4. The van der Waals surface area contributed by atoms with E-state index in [0.717, 1.165) is 16.5 Å². The molecule has 3 aliphatic heterocycles. The van der Waals surface area contributed by atoms with Crippen LogP contribution in [-0.4, -0.2) is 80.7 Å². The Morgan fingerprint density at radius 1 is 1.13 bits per heavy atom. The van der Waals surface area contributed by atoms with Crippen LogP contribution in [0, 0.1) is 0 Å². The first-order valence-electron chi connectivity index (χ1n) is 12.3. The third-order valence-corrected chi connectivity index (χ3v) is 7.47. The Kier molecular flexibility index (Phi) is 6.41. The number of pyridine rings is 2. The highest BCUT2D eigenvalue weighted by molar-refractivity contribution is 5.84. The number of aliphatic hydroxyl groups excluding tert-OH is 4. The fourth-order valence-corrected chi connectivity index (χ4v) is 5.48. The number of benzene rings is 1. The molecule has 11 nitrogen and oxygen atoms in total. The van der Waals surface area contributed by atoms with Crippen molar-refractivity contribution in [3.63, 3.8) is 0 Å². The van der Waals surface area contributed by atoms with E-state index in [1.54, 1.807) is 10.6 Å². The average molecular weight is 525 g/mol. The molecule has 1 unspecified atom stereocenters. The van der Waals surface area contributed by atoms with Crippen LogP contribution in [-0.2, 0) is 25.5 Å². The largest absolute Gasteiger partial charge is 0.394 e. The van der Waals surface area contributed by atoms with E-state index in [9.17, 15) is 25.2 Å². The third kappa shape index (κ3) is 3.82. The highest BCUT2D eigenvalue weighted by atomic mass is 16.8. The Bertz CT molecular complexity index is 1450. The molecule has 8 atom stereocenters. The number of methoxy groups -OCH3 is 1. The number of para-hydroxylation sites is 1. The summed E-state index contributed by atoms with van der Waals surface area (Å²) in [5, 5.41) is 41.3. The van der Waals surface area contributed by atoms with Crippen molar-refractivity contribution < 1.29 is 39.4 Å². The molecule has 1 aromatic carbocycles. The summed E-state index contributed by atoms with van der Waals surface area (Å²) in [6.45, 7) is 3.66. The van der Waals surface area contributed by atoms with Crippen molar-refractivity contribution in [2.75, 3.05) is 13.7 Å². The molecule has 0 radical (unpaired) electrons. The molecule has 0 aliphatic carbocycles. The topological polar surface area (TPSA) is 153 Å². The van der Waals surface area contributed by atoms with Gasteiger partial charge >= 0.3 is 0 Å². The average Bonchev–Trinajstić information content (AvgIpc) is 3.29. The quantitative estimate of drug-likeness (QED) is 0.272. The molecule has 0 saturated carbocycles. The van der Waals surface area contributed by atoms with Crippen LogP contribution >= 0.6 is 0 Å². The lowest BCUT2D eigenvalue weighted by atomic mass is 9.90. The Balaban J connectivity index is 1.41. The second kappa shape index (κ2) is 9.63. The zero-order valence-corrected chi connectivity index (χ0v) is 20.5. The number of hydrogen-bond acceptors (Lipinski definition) is 10. The second-order valence-electron chi connectivity index (χ2n) is 9.65. The Labute approximate surface area is 217 Å². The van der Waals surface area contributed by atoms with E-state index in [0.29, 0.717) is 29.1 Å². The number of ether oxygens (including phenoxy) is 4. The van der Waals surface area contributed by atoms with Gasteiger partial charge in [0.2, 0.25) is 0 Å². The van der Waals surface area contributed by atoms with Crippen molar-refractivity contribution in [2.24, 2.45) is 0 Å². The Morgan fingerprint density at radius 3 is 2.66 bits per heavy atom. The van der Waals surface area contributed by atoms with Crippen LogP contribution in [0.2, 0.25) is 0 Å². The van der Waals surface area contributed by atoms with E-state index in [2.05, 4.69) is 6.58 Å². The van der Waals surface area contributed by atoms with Gasteiger partial charge in [-0.25, -0.2) is 4.98 Å². The standard InChI is InChI=1S/C27H28N2O9/c1-3-14-15-9-17-20-13(8-12-6-4-5-7-16(12)28-20)10-29(17)24(34)19(15)26(35-2)37-25(14)38-27-23(33)22(32)21(31)18(11-30)36-27/h3-9,14,18,21-23,25-27,30-33H,1,10-11H2,2H3/t14-,18-,21-,22+,23-,25+,26?,27+/m1/s1. The summed E-state index contributed by atoms with van der Waals surface area (Å²) in [6.07, 6.45) is -8.06. The lowest BCUT2D eigenvalue weighted by Crippen LogP contribution is -2.60. The van der Waals surface area contributed by atoms with Gasteiger partial charge in [0, 0.05) is 18.1 Å². The first-order valence-corrected chi connectivity index (χ1v) is 12.3. The van der Waals surface area contributed by atoms with Gasteiger partial charge in [0.05, 0.1) is 41.5 Å². The molecule has 6 rings (SSSR count). The molecule has 2 aromatic heterocycles. The van der Waals surface area contributed by atoms with Gasteiger partial charge in [-0.2, -0.15) is 0 Å². The van der Waals surface area contributed by atoms with E-state index in [1.807, 2.05) is 36.4 Å². The van der Waals surface area contributed by atoms with E-state index in [1.165, 1.54) is 7.11 Å². The van der Waals surface area contributed by atoms with Crippen molar-refractivity contribution >= 4 is 10.9 Å². The number of aliphatic hydroxyl groups is 4. The normalized spacial score (nSPS) is 32.0. The zero-order chi connectivity index (χ0) is 26.7. The lowest BCUT2D eigenvalue weighted by Gasteiger charge is -2.43. The van der Waals surface area contributed by atoms with E-state index >= 15 is 0 Å². The molecule has 1 fully saturated rings. The Hall–Kier alpha value is -3.00. The first kappa shape index (κ1) is 25.3. The summed E-state index contributed by atoms with van der Waals surface area (Å²) >= 11 is 0. The van der Waals surface area contributed by atoms with Crippen LogP contribution in [0.25, 0.3) is 22.3 Å². The van der Waals surface area contributed by atoms with Crippen molar-refractivity contribution in [3.05, 3.63) is 76.1 Å². The van der Waals surface area contributed by atoms with Crippen LogP contribution in [0.15, 0.2) is 53.8 Å². The molecule has 0 amide bonds. The summed E-state index contributed by atoms with van der Waals surface area (Å²) in [6, 6.07) is 11.6. The van der Waals surface area contributed by atoms with Crippen LogP contribution < -0.4 is 5.56 Å². The van der Waals surface area contributed by atoms with E-state index < -0.39 is 55.8 Å². The third-order valence-electron chi connectivity index (χ3n) is 7.47. The molecule has 4 N–H and O–H groups in total. The van der Waals surface area contributed by atoms with Gasteiger partial charge < -0.3 is 43.9 Å². The second-order valence-corrected chi connectivity index (χ2v) is 9.65. The van der Waals surface area contributed by atoms with Gasteiger partial charge in [-0.3, -0.25) is 4.79 Å². The fraction of sp³-hybridized carbons (Fsp3) is 0.407. The van der Waals surface area contributed by atoms with Gasteiger partial charge in [0.25, 0.3) is 5.56 Å². The molecule has 1 saturated heterocycles.